The Hall–Kier alpha value is -0.900. The van der Waals surface area contributed by atoms with Crippen LogP contribution < -0.4 is 5.73 Å². The zero-order valence-corrected chi connectivity index (χ0v) is 10.1. The third-order valence-electron chi connectivity index (χ3n) is 3.10. The number of amides is 2. The summed E-state index contributed by atoms with van der Waals surface area (Å²) in [6.45, 7) is 2.48. The van der Waals surface area contributed by atoms with E-state index in [1.54, 1.807) is 0 Å². The van der Waals surface area contributed by atoms with E-state index >= 15 is 0 Å². The van der Waals surface area contributed by atoms with Gasteiger partial charge < -0.3 is 5.73 Å². The number of hydrogen-bond acceptors (Lipinski definition) is 3. The van der Waals surface area contributed by atoms with Crippen molar-refractivity contribution in [3.8, 4) is 0 Å². The lowest BCUT2D eigenvalue weighted by Crippen LogP contribution is -2.47. The molecule has 0 aromatic rings. The molecular weight excluding hydrogens is 204 g/mol. The molecule has 4 nitrogen and oxygen atoms in total. The van der Waals surface area contributed by atoms with Gasteiger partial charge in [0.1, 0.15) is 0 Å². The van der Waals surface area contributed by atoms with Gasteiger partial charge in [-0.15, -0.1) is 0 Å². The van der Waals surface area contributed by atoms with Crippen LogP contribution >= 0.6 is 0 Å². The van der Waals surface area contributed by atoms with E-state index in [1.165, 1.54) is 4.90 Å². The predicted molar refractivity (Wildman–Crippen MR) is 62.7 cm³/mol. The SMILES string of the molecule is CCCCC(CN)N1C(=O)CCCCC1=O. The topological polar surface area (TPSA) is 63.4 Å². The van der Waals surface area contributed by atoms with Gasteiger partial charge in [0, 0.05) is 19.4 Å². The summed E-state index contributed by atoms with van der Waals surface area (Å²) in [5.41, 5.74) is 5.67. The van der Waals surface area contributed by atoms with Gasteiger partial charge in [0.05, 0.1) is 6.04 Å². The molecule has 0 aromatic heterocycles. The highest BCUT2D eigenvalue weighted by Gasteiger charge is 2.29. The highest BCUT2D eigenvalue weighted by Crippen LogP contribution is 2.17. The van der Waals surface area contributed by atoms with Crippen molar-refractivity contribution in [3.05, 3.63) is 0 Å². The van der Waals surface area contributed by atoms with Crippen LogP contribution in [0.15, 0.2) is 0 Å². The van der Waals surface area contributed by atoms with E-state index in [0.29, 0.717) is 19.4 Å². The highest BCUT2D eigenvalue weighted by molar-refractivity contribution is 5.96. The zero-order valence-electron chi connectivity index (χ0n) is 10.1. The van der Waals surface area contributed by atoms with Gasteiger partial charge in [0.25, 0.3) is 0 Å². The van der Waals surface area contributed by atoms with Crippen molar-refractivity contribution < 1.29 is 9.59 Å². The second kappa shape index (κ2) is 6.63. The summed E-state index contributed by atoms with van der Waals surface area (Å²) in [4.78, 5) is 25.1. The molecule has 0 saturated carbocycles. The molecule has 1 rings (SSSR count). The van der Waals surface area contributed by atoms with Gasteiger partial charge in [-0.3, -0.25) is 14.5 Å². The lowest BCUT2D eigenvalue weighted by Gasteiger charge is -2.28. The van der Waals surface area contributed by atoms with E-state index in [1.807, 2.05) is 0 Å². The Morgan fingerprint density at radius 3 is 2.25 bits per heavy atom. The molecule has 0 bridgehead atoms. The number of carbonyl (C=O) groups excluding carboxylic acids is 2. The molecule has 0 spiro atoms. The van der Waals surface area contributed by atoms with E-state index in [2.05, 4.69) is 6.92 Å². The molecule has 2 N–H and O–H groups in total. The average molecular weight is 226 g/mol. The Morgan fingerprint density at radius 1 is 1.25 bits per heavy atom. The smallest absolute Gasteiger partial charge is 0.229 e. The number of nitrogens with zero attached hydrogens (tertiary/aromatic N) is 1. The van der Waals surface area contributed by atoms with Crippen LogP contribution in [0.5, 0.6) is 0 Å². The molecule has 1 aliphatic heterocycles. The van der Waals surface area contributed by atoms with Gasteiger partial charge in [0.2, 0.25) is 11.8 Å². The van der Waals surface area contributed by atoms with Crippen LogP contribution in [0, 0.1) is 0 Å². The van der Waals surface area contributed by atoms with Gasteiger partial charge >= 0.3 is 0 Å². The van der Waals surface area contributed by atoms with Crippen molar-refractivity contribution in [1.29, 1.82) is 0 Å². The summed E-state index contributed by atoms with van der Waals surface area (Å²) >= 11 is 0. The quantitative estimate of drug-likeness (QED) is 0.721. The second-order valence-electron chi connectivity index (χ2n) is 4.40. The van der Waals surface area contributed by atoms with E-state index in [4.69, 9.17) is 5.73 Å². The molecule has 2 amide bonds. The maximum absolute atomic E-state index is 11.8. The molecule has 1 unspecified atom stereocenters. The van der Waals surface area contributed by atoms with E-state index in [0.717, 1.165) is 32.1 Å². The van der Waals surface area contributed by atoms with Crippen LogP contribution in [-0.4, -0.2) is 29.3 Å². The number of hydrogen-bond donors (Lipinski definition) is 1. The van der Waals surface area contributed by atoms with E-state index in [-0.39, 0.29) is 17.9 Å². The first-order valence-corrected chi connectivity index (χ1v) is 6.25. The minimum atomic E-state index is -0.0851. The lowest BCUT2D eigenvalue weighted by atomic mass is 10.1. The van der Waals surface area contributed by atoms with Crippen molar-refractivity contribution >= 4 is 11.8 Å². The molecule has 0 aromatic carbocycles. The Morgan fingerprint density at radius 2 is 1.81 bits per heavy atom. The molecule has 1 saturated heterocycles. The predicted octanol–water partition coefficient (Wildman–Crippen LogP) is 1.43. The van der Waals surface area contributed by atoms with Gasteiger partial charge in [-0.05, 0) is 19.3 Å². The van der Waals surface area contributed by atoms with Crippen molar-refractivity contribution in [1.82, 2.24) is 4.90 Å². The Bertz CT molecular complexity index is 235. The third kappa shape index (κ3) is 3.30. The first kappa shape index (κ1) is 13.2. The van der Waals surface area contributed by atoms with Gasteiger partial charge in [-0.25, -0.2) is 0 Å². The normalized spacial score (nSPS) is 19.8. The fourth-order valence-corrected chi connectivity index (χ4v) is 2.13. The van der Waals surface area contributed by atoms with Crippen LogP contribution in [0.25, 0.3) is 0 Å². The summed E-state index contributed by atoms with van der Waals surface area (Å²) in [6, 6.07) is -0.0851. The minimum absolute atomic E-state index is 0.0333. The Labute approximate surface area is 97.2 Å². The molecule has 92 valence electrons. The van der Waals surface area contributed by atoms with Crippen molar-refractivity contribution in [2.75, 3.05) is 6.54 Å². The maximum atomic E-state index is 11.8. The molecule has 4 heteroatoms. The summed E-state index contributed by atoms with van der Waals surface area (Å²) < 4.78 is 0. The molecule has 1 atom stereocenters. The molecule has 1 aliphatic rings. The highest BCUT2D eigenvalue weighted by atomic mass is 16.2. The fourth-order valence-electron chi connectivity index (χ4n) is 2.13. The first-order chi connectivity index (χ1) is 7.70. The number of rotatable bonds is 5. The molecule has 1 heterocycles. The zero-order chi connectivity index (χ0) is 12.0. The van der Waals surface area contributed by atoms with Crippen LogP contribution in [0.4, 0.5) is 0 Å². The average Bonchev–Trinajstić information content (AvgIpc) is 2.44. The number of imide groups is 1. The number of unbranched alkanes of at least 4 members (excludes halogenated alkanes) is 1. The molecule has 0 radical (unpaired) electrons. The third-order valence-corrected chi connectivity index (χ3v) is 3.10. The number of likely N-dealkylation sites (tertiary alicyclic amines) is 1. The summed E-state index contributed by atoms with van der Waals surface area (Å²) in [5, 5.41) is 0. The van der Waals surface area contributed by atoms with Crippen LogP contribution in [0.2, 0.25) is 0 Å². The second-order valence-corrected chi connectivity index (χ2v) is 4.40. The van der Waals surface area contributed by atoms with Crippen molar-refractivity contribution in [2.45, 2.75) is 57.9 Å². The largest absolute Gasteiger partial charge is 0.328 e. The lowest BCUT2D eigenvalue weighted by molar-refractivity contribution is -0.146. The molecular formula is C12H22N2O2. The number of carbonyl (C=O) groups is 2. The fraction of sp³-hybridized carbons (Fsp3) is 0.833. The standard InChI is InChI=1S/C12H22N2O2/c1-2-3-6-10(9-13)14-11(15)7-4-5-8-12(14)16/h10H,2-9,13H2,1H3. The van der Waals surface area contributed by atoms with Crippen LogP contribution in [0.3, 0.4) is 0 Å². The van der Waals surface area contributed by atoms with E-state index < -0.39 is 0 Å². The monoisotopic (exact) mass is 226 g/mol. The first-order valence-electron chi connectivity index (χ1n) is 6.25. The van der Waals surface area contributed by atoms with Crippen LogP contribution in [0.1, 0.15) is 51.9 Å². The van der Waals surface area contributed by atoms with Gasteiger partial charge in [-0.2, -0.15) is 0 Å². The van der Waals surface area contributed by atoms with Gasteiger partial charge in [0.15, 0.2) is 0 Å². The van der Waals surface area contributed by atoms with Crippen molar-refractivity contribution in [3.63, 3.8) is 0 Å². The number of nitrogens with two attached hydrogens (primary N) is 1. The maximum Gasteiger partial charge on any atom is 0.229 e. The van der Waals surface area contributed by atoms with E-state index in [9.17, 15) is 9.59 Å². The Kier molecular flexibility index (Phi) is 5.46. The van der Waals surface area contributed by atoms with Crippen LogP contribution in [-0.2, 0) is 9.59 Å². The Balaban J connectivity index is 2.69. The van der Waals surface area contributed by atoms with Crippen molar-refractivity contribution in [2.24, 2.45) is 5.73 Å². The molecule has 16 heavy (non-hydrogen) atoms. The minimum Gasteiger partial charge on any atom is -0.328 e. The summed E-state index contributed by atoms with van der Waals surface area (Å²) in [7, 11) is 0. The molecule has 0 aliphatic carbocycles. The van der Waals surface area contributed by atoms with Gasteiger partial charge in [-0.1, -0.05) is 19.8 Å². The summed E-state index contributed by atoms with van der Waals surface area (Å²) in [6.07, 6.45) is 5.55. The molecule has 1 fully saturated rings. The summed E-state index contributed by atoms with van der Waals surface area (Å²) in [5.74, 6) is -0.0666.